The van der Waals surface area contributed by atoms with E-state index in [1.807, 2.05) is 37.3 Å². The maximum atomic E-state index is 13.4. The number of rotatable bonds is 13. The Balaban J connectivity index is 1.68. The molecule has 2 amide bonds. The third-order valence-electron chi connectivity index (χ3n) is 6.65. The number of carbonyl (C=O) groups excluding carboxylic acids is 2. The van der Waals surface area contributed by atoms with Crippen LogP contribution >= 0.6 is 0 Å². The number of benzene rings is 2. The summed E-state index contributed by atoms with van der Waals surface area (Å²) in [4.78, 5) is 28.0. The molecule has 0 bridgehead atoms. The van der Waals surface area contributed by atoms with Crippen LogP contribution in [0.4, 0.5) is 5.69 Å². The molecule has 0 aliphatic heterocycles. The van der Waals surface area contributed by atoms with Gasteiger partial charge in [-0.25, -0.2) is 8.42 Å². The highest BCUT2D eigenvalue weighted by atomic mass is 32.2. The lowest BCUT2D eigenvalue weighted by Gasteiger charge is -2.30. The number of nitrogens with zero attached hydrogens (tertiary/aromatic N) is 2. The van der Waals surface area contributed by atoms with Crippen molar-refractivity contribution < 1.29 is 22.7 Å². The van der Waals surface area contributed by atoms with Crippen LogP contribution < -0.4 is 14.4 Å². The number of sulfonamides is 1. The number of nitrogens with one attached hydrogen (secondary N) is 1. The number of hydrogen-bond acceptors (Lipinski definition) is 5. The van der Waals surface area contributed by atoms with Crippen molar-refractivity contribution >= 4 is 27.5 Å². The minimum absolute atomic E-state index is 0.122. The summed E-state index contributed by atoms with van der Waals surface area (Å²) in [5, 5.41) is 3.10. The van der Waals surface area contributed by atoms with Crippen LogP contribution in [0, 0.1) is 0 Å². The van der Waals surface area contributed by atoms with Gasteiger partial charge in [-0.15, -0.1) is 0 Å². The average molecular weight is 530 g/mol. The van der Waals surface area contributed by atoms with E-state index in [2.05, 4.69) is 5.32 Å². The second-order valence-corrected chi connectivity index (χ2v) is 11.4. The molecule has 0 unspecified atom stereocenters. The second kappa shape index (κ2) is 13.5. The fourth-order valence-corrected chi connectivity index (χ4v) is 5.60. The Labute approximate surface area is 221 Å². The molecule has 9 heteroatoms. The maximum Gasteiger partial charge on any atom is 0.242 e. The molecule has 1 fully saturated rings. The monoisotopic (exact) mass is 529 g/mol. The topological polar surface area (TPSA) is 96.0 Å². The standard InChI is InChI=1S/C28H39N3O5S/c1-4-36-26-18-16-25(17-19-26)31(37(3,34)35)20-10-15-27(32)30(21-23-11-6-5-7-12-23)22(2)28(33)29-24-13-8-9-14-24/h5-7,11-12,16-19,22,24H,4,8-10,13-15,20-21H2,1-3H3,(H,29,33)/t22-/m1/s1. The lowest BCUT2D eigenvalue weighted by molar-refractivity contribution is -0.141. The molecule has 202 valence electrons. The summed E-state index contributed by atoms with van der Waals surface area (Å²) < 4.78 is 31.7. The van der Waals surface area contributed by atoms with Crippen LogP contribution in [0.25, 0.3) is 0 Å². The minimum Gasteiger partial charge on any atom is -0.494 e. The molecule has 0 spiro atoms. The molecule has 8 nitrogen and oxygen atoms in total. The zero-order chi connectivity index (χ0) is 26.8. The highest BCUT2D eigenvalue weighted by Gasteiger charge is 2.28. The van der Waals surface area contributed by atoms with E-state index >= 15 is 0 Å². The summed E-state index contributed by atoms with van der Waals surface area (Å²) in [6, 6.07) is 16.0. The lowest BCUT2D eigenvalue weighted by Crippen LogP contribution is -2.49. The van der Waals surface area contributed by atoms with Gasteiger partial charge in [0.1, 0.15) is 11.8 Å². The van der Waals surface area contributed by atoms with E-state index in [0.29, 0.717) is 31.0 Å². The van der Waals surface area contributed by atoms with Gasteiger partial charge in [0.2, 0.25) is 21.8 Å². The first-order valence-electron chi connectivity index (χ1n) is 13.0. The van der Waals surface area contributed by atoms with Gasteiger partial charge in [0.25, 0.3) is 0 Å². The van der Waals surface area contributed by atoms with Gasteiger partial charge >= 0.3 is 0 Å². The summed E-state index contributed by atoms with van der Waals surface area (Å²) in [5.74, 6) is 0.331. The normalized spacial score (nSPS) is 14.7. The zero-order valence-corrected chi connectivity index (χ0v) is 22.9. The highest BCUT2D eigenvalue weighted by Crippen LogP contribution is 2.23. The SMILES string of the molecule is CCOc1ccc(N(CCCC(=O)N(Cc2ccccc2)[C@H](C)C(=O)NC2CCCC2)S(C)(=O)=O)cc1. The smallest absolute Gasteiger partial charge is 0.242 e. The first kappa shape index (κ1) is 28.5. The predicted octanol–water partition coefficient (Wildman–Crippen LogP) is 4.11. The Morgan fingerprint density at radius 2 is 1.70 bits per heavy atom. The van der Waals surface area contributed by atoms with E-state index in [9.17, 15) is 18.0 Å². The predicted molar refractivity (Wildman–Crippen MR) is 146 cm³/mol. The fourth-order valence-electron chi connectivity index (χ4n) is 4.63. The van der Waals surface area contributed by atoms with Crippen LogP contribution in [-0.2, 0) is 26.2 Å². The largest absolute Gasteiger partial charge is 0.494 e. The van der Waals surface area contributed by atoms with E-state index in [4.69, 9.17) is 4.74 Å². The van der Waals surface area contributed by atoms with Crippen molar-refractivity contribution in [1.29, 1.82) is 0 Å². The van der Waals surface area contributed by atoms with Gasteiger partial charge in [0.15, 0.2) is 0 Å². The van der Waals surface area contributed by atoms with Gasteiger partial charge in [-0.3, -0.25) is 13.9 Å². The van der Waals surface area contributed by atoms with Crippen molar-refractivity contribution in [2.24, 2.45) is 0 Å². The third kappa shape index (κ3) is 8.49. The molecule has 0 radical (unpaired) electrons. The van der Waals surface area contributed by atoms with Crippen LogP contribution in [0.5, 0.6) is 5.75 Å². The Bertz CT molecular complexity index is 1120. The van der Waals surface area contributed by atoms with E-state index in [0.717, 1.165) is 37.5 Å². The molecule has 1 saturated carbocycles. The summed E-state index contributed by atoms with van der Waals surface area (Å²) >= 11 is 0. The van der Waals surface area contributed by atoms with Crippen molar-refractivity contribution in [2.45, 2.75) is 71.0 Å². The number of anilines is 1. The number of amides is 2. The Morgan fingerprint density at radius 1 is 1.05 bits per heavy atom. The Hall–Kier alpha value is -3.07. The molecule has 0 heterocycles. The second-order valence-electron chi connectivity index (χ2n) is 9.54. The van der Waals surface area contributed by atoms with Crippen LogP contribution in [0.1, 0.15) is 57.9 Å². The van der Waals surface area contributed by atoms with Crippen LogP contribution in [0.15, 0.2) is 54.6 Å². The summed E-state index contributed by atoms with van der Waals surface area (Å²) in [6.07, 6.45) is 5.75. The van der Waals surface area contributed by atoms with Crippen LogP contribution in [0.3, 0.4) is 0 Å². The average Bonchev–Trinajstić information content (AvgIpc) is 3.38. The first-order valence-corrected chi connectivity index (χ1v) is 14.9. The molecule has 0 saturated heterocycles. The number of ether oxygens (including phenoxy) is 1. The van der Waals surface area contributed by atoms with Crippen molar-refractivity contribution in [3.05, 3.63) is 60.2 Å². The molecule has 1 atom stereocenters. The van der Waals surface area contributed by atoms with Gasteiger partial charge in [-0.1, -0.05) is 43.2 Å². The van der Waals surface area contributed by atoms with Crippen molar-refractivity contribution in [3.8, 4) is 5.75 Å². The quantitative estimate of drug-likeness (QED) is 0.421. The van der Waals surface area contributed by atoms with Gasteiger partial charge in [0, 0.05) is 25.6 Å². The molecule has 1 aliphatic carbocycles. The molecule has 3 rings (SSSR count). The van der Waals surface area contributed by atoms with Gasteiger partial charge in [-0.2, -0.15) is 0 Å². The summed E-state index contributed by atoms with van der Waals surface area (Å²) in [6.45, 7) is 4.63. The lowest BCUT2D eigenvalue weighted by atomic mass is 10.1. The van der Waals surface area contributed by atoms with Crippen LogP contribution in [0.2, 0.25) is 0 Å². The third-order valence-corrected chi connectivity index (χ3v) is 7.85. The molecular formula is C28H39N3O5S. The van der Waals surface area contributed by atoms with E-state index in [-0.39, 0.29) is 30.8 Å². The number of carbonyl (C=O) groups is 2. The fraction of sp³-hybridized carbons (Fsp3) is 0.500. The van der Waals surface area contributed by atoms with Crippen molar-refractivity contribution in [2.75, 3.05) is 23.7 Å². The molecule has 37 heavy (non-hydrogen) atoms. The van der Waals surface area contributed by atoms with Crippen molar-refractivity contribution in [1.82, 2.24) is 10.2 Å². The Morgan fingerprint density at radius 3 is 2.30 bits per heavy atom. The van der Waals surface area contributed by atoms with Crippen molar-refractivity contribution in [3.63, 3.8) is 0 Å². The summed E-state index contributed by atoms with van der Waals surface area (Å²) in [7, 11) is -3.55. The van der Waals surface area contributed by atoms with Gasteiger partial charge in [0.05, 0.1) is 18.6 Å². The van der Waals surface area contributed by atoms with Gasteiger partial charge < -0.3 is 15.0 Å². The molecular weight excluding hydrogens is 490 g/mol. The minimum atomic E-state index is -3.55. The van der Waals surface area contributed by atoms with Gasteiger partial charge in [-0.05, 0) is 62.9 Å². The van der Waals surface area contributed by atoms with Crippen LogP contribution in [-0.4, -0.2) is 56.6 Å². The van der Waals surface area contributed by atoms with E-state index < -0.39 is 16.1 Å². The Kier molecular flexibility index (Phi) is 10.4. The number of hydrogen-bond donors (Lipinski definition) is 1. The molecule has 0 aromatic heterocycles. The maximum absolute atomic E-state index is 13.4. The summed E-state index contributed by atoms with van der Waals surface area (Å²) in [5.41, 5.74) is 1.45. The molecule has 1 aliphatic rings. The first-order chi connectivity index (χ1) is 17.7. The molecule has 1 N–H and O–H groups in total. The van der Waals surface area contributed by atoms with E-state index in [1.165, 1.54) is 4.31 Å². The molecule has 2 aromatic carbocycles. The molecule has 2 aromatic rings. The highest BCUT2D eigenvalue weighted by molar-refractivity contribution is 7.92. The van der Waals surface area contributed by atoms with E-state index in [1.54, 1.807) is 36.1 Å². The zero-order valence-electron chi connectivity index (χ0n) is 22.1.